The minimum Gasteiger partial charge on any atom is -0.480 e. The number of β-amino-alcohol motifs (C(OH)–C–C–N with tert-alkyl or cyclic N) is 1. The van der Waals surface area contributed by atoms with Crippen LogP contribution in [0.1, 0.15) is 32.6 Å². The molecule has 2 aliphatic rings. The second kappa shape index (κ2) is 3.87. The van der Waals surface area contributed by atoms with Gasteiger partial charge in [-0.15, -0.1) is 0 Å². The third-order valence-corrected chi connectivity index (χ3v) is 3.70. The molecule has 6 heteroatoms. The Hall–Kier alpha value is -1.30. The van der Waals surface area contributed by atoms with Crippen molar-refractivity contribution < 1.29 is 19.8 Å². The molecule has 2 fully saturated rings. The van der Waals surface area contributed by atoms with Crippen LogP contribution < -0.4 is 5.32 Å². The number of nitrogens with zero attached hydrogens (tertiary/aromatic N) is 1. The number of aliphatic hydroxyl groups is 1. The van der Waals surface area contributed by atoms with Gasteiger partial charge < -0.3 is 20.4 Å². The predicted molar refractivity (Wildman–Crippen MR) is 59.6 cm³/mol. The zero-order chi connectivity index (χ0) is 12.7. The van der Waals surface area contributed by atoms with Gasteiger partial charge in [-0.3, -0.25) is 0 Å². The van der Waals surface area contributed by atoms with Crippen molar-refractivity contribution >= 4 is 12.0 Å². The van der Waals surface area contributed by atoms with E-state index in [1.165, 1.54) is 4.90 Å². The zero-order valence-corrected chi connectivity index (χ0v) is 9.90. The third-order valence-electron chi connectivity index (χ3n) is 3.70. The van der Waals surface area contributed by atoms with E-state index in [9.17, 15) is 14.7 Å². The lowest BCUT2D eigenvalue weighted by Crippen LogP contribution is -2.61. The van der Waals surface area contributed by atoms with Crippen LogP contribution in [-0.4, -0.2) is 51.3 Å². The summed E-state index contributed by atoms with van der Waals surface area (Å²) in [4.78, 5) is 24.5. The molecule has 0 bridgehead atoms. The van der Waals surface area contributed by atoms with Gasteiger partial charge in [0.05, 0.1) is 12.1 Å². The molecule has 0 radical (unpaired) electrons. The zero-order valence-electron chi connectivity index (χ0n) is 9.90. The highest BCUT2D eigenvalue weighted by molar-refractivity contribution is 5.87. The van der Waals surface area contributed by atoms with Crippen molar-refractivity contribution in [1.82, 2.24) is 10.2 Å². The number of rotatable bonds is 2. The van der Waals surface area contributed by atoms with Gasteiger partial charge in [0.15, 0.2) is 0 Å². The Labute approximate surface area is 99.6 Å². The summed E-state index contributed by atoms with van der Waals surface area (Å²) >= 11 is 0. The van der Waals surface area contributed by atoms with E-state index in [-0.39, 0.29) is 12.6 Å². The second-order valence-electron chi connectivity index (χ2n) is 5.34. The van der Waals surface area contributed by atoms with Crippen LogP contribution >= 0.6 is 0 Å². The number of carbonyl (C=O) groups excluding carboxylic acids is 1. The van der Waals surface area contributed by atoms with Gasteiger partial charge in [-0.2, -0.15) is 0 Å². The summed E-state index contributed by atoms with van der Waals surface area (Å²) in [6, 6.07) is -0.384. The Bertz CT molecular complexity index is 349. The van der Waals surface area contributed by atoms with Crippen LogP contribution in [0.2, 0.25) is 0 Å². The lowest BCUT2D eigenvalue weighted by molar-refractivity contribution is -0.148. The van der Waals surface area contributed by atoms with Crippen LogP contribution in [0.15, 0.2) is 0 Å². The van der Waals surface area contributed by atoms with E-state index < -0.39 is 17.1 Å². The minimum atomic E-state index is -1.08. The van der Waals surface area contributed by atoms with Gasteiger partial charge in [-0.1, -0.05) is 0 Å². The number of hydrogen-bond acceptors (Lipinski definition) is 3. The molecule has 96 valence electrons. The van der Waals surface area contributed by atoms with E-state index in [1.54, 1.807) is 6.92 Å². The number of carbonyl (C=O) groups is 2. The number of carboxylic acids is 1. The molecule has 0 aromatic rings. The van der Waals surface area contributed by atoms with E-state index >= 15 is 0 Å². The molecule has 0 aromatic heterocycles. The van der Waals surface area contributed by atoms with Gasteiger partial charge in [0.1, 0.15) is 5.54 Å². The van der Waals surface area contributed by atoms with Crippen LogP contribution in [0.3, 0.4) is 0 Å². The van der Waals surface area contributed by atoms with Crippen molar-refractivity contribution in [1.29, 1.82) is 0 Å². The first-order chi connectivity index (χ1) is 7.85. The Kier molecular flexibility index (Phi) is 2.77. The summed E-state index contributed by atoms with van der Waals surface area (Å²) in [5, 5.41) is 21.4. The van der Waals surface area contributed by atoms with E-state index in [2.05, 4.69) is 5.32 Å². The largest absolute Gasteiger partial charge is 0.480 e. The fourth-order valence-corrected chi connectivity index (χ4v) is 2.32. The van der Waals surface area contributed by atoms with Crippen LogP contribution in [0.4, 0.5) is 4.79 Å². The maximum atomic E-state index is 11.9. The number of nitrogens with one attached hydrogen (secondary N) is 1. The lowest BCUT2D eigenvalue weighted by atomic mass is 9.77. The average molecular weight is 242 g/mol. The molecule has 1 heterocycles. The fourth-order valence-electron chi connectivity index (χ4n) is 2.32. The molecule has 0 aromatic carbocycles. The molecule has 0 spiro atoms. The molecule has 1 atom stereocenters. The van der Waals surface area contributed by atoms with Crippen molar-refractivity contribution in [3.05, 3.63) is 0 Å². The Morgan fingerprint density at radius 1 is 1.29 bits per heavy atom. The predicted octanol–water partition coefficient (Wildman–Crippen LogP) is 0.160. The normalized spacial score (nSPS) is 30.8. The Morgan fingerprint density at radius 2 is 1.94 bits per heavy atom. The first-order valence-electron chi connectivity index (χ1n) is 5.88. The summed E-state index contributed by atoms with van der Waals surface area (Å²) in [6.45, 7) is 2.40. The molecule has 2 rings (SSSR count). The fraction of sp³-hybridized carbons (Fsp3) is 0.818. The highest BCUT2D eigenvalue weighted by Crippen LogP contribution is 2.32. The summed E-state index contributed by atoms with van der Waals surface area (Å²) < 4.78 is 0. The number of likely N-dealkylation sites (tertiary alicyclic amines) is 1. The van der Waals surface area contributed by atoms with Crippen molar-refractivity contribution in [2.45, 2.75) is 43.7 Å². The van der Waals surface area contributed by atoms with E-state index in [4.69, 9.17) is 5.11 Å². The highest BCUT2D eigenvalue weighted by Gasteiger charge is 2.47. The highest BCUT2D eigenvalue weighted by atomic mass is 16.4. The number of aliphatic carboxylic acids is 1. The van der Waals surface area contributed by atoms with E-state index in [0.717, 1.165) is 6.42 Å². The molecule has 1 saturated carbocycles. The van der Waals surface area contributed by atoms with Gasteiger partial charge in [-0.25, -0.2) is 9.59 Å². The van der Waals surface area contributed by atoms with Crippen molar-refractivity contribution in [3.8, 4) is 0 Å². The first kappa shape index (κ1) is 12.2. The van der Waals surface area contributed by atoms with E-state index in [1.807, 2.05) is 0 Å². The summed E-state index contributed by atoms with van der Waals surface area (Å²) in [5.41, 5.74) is -1.93. The maximum absolute atomic E-state index is 11.9. The van der Waals surface area contributed by atoms with E-state index in [0.29, 0.717) is 25.8 Å². The Balaban J connectivity index is 1.96. The summed E-state index contributed by atoms with van der Waals surface area (Å²) in [6.07, 6.45) is 2.32. The van der Waals surface area contributed by atoms with Crippen molar-refractivity contribution in [3.63, 3.8) is 0 Å². The molecule has 6 nitrogen and oxygen atoms in total. The van der Waals surface area contributed by atoms with Crippen LogP contribution in [0.25, 0.3) is 0 Å². The third kappa shape index (κ3) is 2.22. The number of carboxylic acid groups (broad SMARTS) is 1. The molecule has 17 heavy (non-hydrogen) atoms. The number of urea groups is 1. The van der Waals surface area contributed by atoms with Crippen molar-refractivity contribution in [2.75, 3.05) is 13.1 Å². The summed E-state index contributed by atoms with van der Waals surface area (Å²) in [5.74, 6) is -0.969. The average Bonchev–Trinajstić information content (AvgIpc) is 2.51. The van der Waals surface area contributed by atoms with Gasteiger partial charge in [0.2, 0.25) is 0 Å². The maximum Gasteiger partial charge on any atom is 0.329 e. The minimum absolute atomic E-state index is 0.258. The number of amides is 2. The number of hydrogen-bond donors (Lipinski definition) is 3. The molecule has 1 saturated heterocycles. The molecular weight excluding hydrogens is 224 g/mol. The van der Waals surface area contributed by atoms with Crippen LogP contribution in [0, 0.1) is 0 Å². The SMILES string of the molecule is CC1(O)CCN(C(=O)NC2(C(=O)O)CCC2)C1. The monoisotopic (exact) mass is 242 g/mol. The standard InChI is InChI=1S/C11H18N2O4/c1-10(17)5-6-13(7-10)9(16)12-11(8(14)15)3-2-4-11/h17H,2-7H2,1H3,(H,12,16)(H,14,15). The Morgan fingerprint density at radius 3 is 2.29 bits per heavy atom. The quantitative estimate of drug-likeness (QED) is 0.643. The van der Waals surface area contributed by atoms with Crippen LogP contribution in [-0.2, 0) is 4.79 Å². The molecule has 3 N–H and O–H groups in total. The van der Waals surface area contributed by atoms with Gasteiger partial charge in [-0.05, 0) is 32.6 Å². The molecule has 1 aliphatic carbocycles. The first-order valence-corrected chi connectivity index (χ1v) is 5.88. The molecule has 1 aliphatic heterocycles. The molecule has 2 amide bonds. The smallest absolute Gasteiger partial charge is 0.329 e. The van der Waals surface area contributed by atoms with Gasteiger partial charge in [0, 0.05) is 6.54 Å². The second-order valence-corrected chi connectivity index (χ2v) is 5.34. The van der Waals surface area contributed by atoms with Gasteiger partial charge in [0.25, 0.3) is 0 Å². The van der Waals surface area contributed by atoms with Crippen LogP contribution in [0.5, 0.6) is 0 Å². The molecular formula is C11H18N2O4. The van der Waals surface area contributed by atoms with Crippen molar-refractivity contribution in [2.24, 2.45) is 0 Å². The summed E-state index contributed by atoms with van der Waals surface area (Å²) in [7, 11) is 0. The molecule has 1 unspecified atom stereocenters. The topological polar surface area (TPSA) is 89.9 Å². The van der Waals surface area contributed by atoms with Gasteiger partial charge >= 0.3 is 12.0 Å². The lowest BCUT2D eigenvalue weighted by Gasteiger charge is -2.39.